The summed E-state index contributed by atoms with van der Waals surface area (Å²) in [5.74, 6) is 1.76. The Morgan fingerprint density at radius 1 is 1.00 bits per heavy atom. The summed E-state index contributed by atoms with van der Waals surface area (Å²) in [5, 5.41) is 0. The van der Waals surface area contributed by atoms with E-state index in [0.29, 0.717) is 6.04 Å². The van der Waals surface area contributed by atoms with E-state index in [1.165, 1.54) is 51.6 Å². The second-order valence-electron chi connectivity index (χ2n) is 7.02. The third-order valence-electron chi connectivity index (χ3n) is 5.52. The standard InChI is InChI=1S/C19H29N/c1-15(2)20-13-6-9-17(12-14-20)19-11-5-8-16-7-3-4-10-18(16)19/h3-4,7,10,15,17,19H,5-6,8-9,11-14H2,1-2H3/t17-,19?/m1/s1. The Labute approximate surface area is 124 Å². The summed E-state index contributed by atoms with van der Waals surface area (Å²) in [4.78, 5) is 2.68. The highest BCUT2D eigenvalue weighted by molar-refractivity contribution is 5.33. The molecule has 1 fully saturated rings. The van der Waals surface area contributed by atoms with Crippen molar-refractivity contribution >= 4 is 0 Å². The van der Waals surface area contributed by atoms with Crippen LogP contribution in [0.5, 0.6) is 0 Å². The number of hydrogen-bond donors (Lipinski definition) is 0. The highest BCUT2D eigenvalue weighted by atomic mass is 15.1. The van der Waals surface area contributed by atoms with Crippen molar-refractivity contribution < 1.29 is 0 Å². The van der Waals surface area contributed by atoms with Crippen LogP contribution in [0, 0.1) is 5.92 Å². The molecule has 1 saturated heterocycles. The van der Waals surface area contributed by atoms with Crippen molar-refractivity contribution in [3.05, 3.63) is 35.4 Å². The SMILES string of the molecule is CC(C)N1CCC[C@@H](C2CCCc3ccccc32)CC1. The maximum atomic E-state index is 2.68. The maximum absolute atomic E-state index is 2.68. The molecular weight excluding hydrogens is 242 g/mol. The summed E-state index contributed by atoms with van der Waals surface area (Å²) < 4.78 is 0. The van der Waals surface area contributed by atoms with Gasteiger partial charge < -0.3 is 4.90 Å². The zero-order chi connectivity index (χ0) is 13.9. The number of benzene rings is 1. The van der Waals surface area contributed by atoms with E-state index in [1.807, 2.05) is 0 Å². The molecule has 1 heterocycles. The first-order valence-corrected chi connectivity index (χ1v) is 8.57. The molecule has 0 amide bonds. The molecule has 0 N–H and O–H groups in total. The normalized spacial score (nSPS) is 28.1. The molecule has 0 saturated carbocycles. The van der Waals surface area contributed by atoms with Gasteiger partial charge in [0.2, 0.25) is 0 Å². The van der Waals surface area contributed by atoms with Gasteiger partial charge in [0.1, 0.15) is 0 Å². The smallest absolute Gasteiger partial charge is 0.00385 e. The summed E-state index contributed by atoms with van der Waals surface area (Å²) in [5.41, 5.74) is 3.32. The molecule has 0 radical (unpaired) electrons. The molecule has 0 spiro atoms. The minimum Gasteiger partial charge on any atom is -0.301 e. The van der Waals surface area contributed by atoms with Gasteiger partial charge in [-0.1, -0.05) is 24.3 Å². The monoisotopic (exact) mass is 271 g/mol. The average molecular weight is 271 g/mol. The van der Waals surface area contributed by atoms with Gasteiger partial charge in [0.05, 0.1) is 0 Å². The first kappa shape index (κ1) is 14.1. The summed E-state index contributed by atoms with van der Waals surface area (Å²) in [6, 6.07) is 9.94. The molecule has 1 nitrogen and oxygen atoms in total. The Morgan fingerprint density at radius 3 is 2.70 bits per heavy atom. The second kappa shape index (κ2) is 6.30. The Bertz CT molecular complexity index is 437. The van der Waals surface area contributed by atoms with Crippen molar-refractivity contribution in [2.75, 3.05) is 13.1 Å². The van der Waals surface area contributed by atoms with Crippen LogP contribution in [0.4, 0.5) is 0 Å². The fraction of sp³-hybridized carbons (Fsp3) is 0.684. The van der Waals surface area contributed by atoms with E-state index in [-0.39, 0.29) is 0 Å². The Morgan fingerprint density at radius 2 is 1.85 bits per heavy atom. The molecule has 1 aliphatic heterocycles. The molecule has 0 aromatic heterocycles. The fourth-order valence-corrected chi connectivity index (χ4v) is 4.34. The van der Waals surface area contributed by atoms with Gasteiger partial charge in [0, 0.05) is 6.04 Å². The van der Waals surface area contributed by atoms with Crippen LogP contribution in [0.15, 0.2) is 24.3 Å². The van der Waals surface area contributed by atoms with Gasteiger partial charge in [-0.05, 0) is 88.4 Å². The maximum Gasteiger partial charge on any atom is 0.00385 e. The number of hydrogen-bond acceptors (Lipinski definition) is 1. The molecule has 3 rings (SSSR count). The Hall–Kier alpha value is -0.820. The molecule has 1 aliphatic carbocycles. The number of likely N-dealkylation sites (tertiary alicyclic amines) is 1. The van der Waals surface area contributed by atoms with Crippen LogP contribution in [-0.2, 0) is 6.42 Å². The molecule has 1 heteroatoms. The topological polar surface area (TPSA) is 3.24 Å². The number of fused-ring (bicyclic) bond motifs is 1. The third-order valence-corrected chi connectivity index (χ3v) is 5.52. The molecule has 0 bridgehead atoms. The van der Waals surface area contributed by atoms with Crippen LogP contribution in [-0.4, -0.2) is 24.0 Å². The second-order valence-corrected chi connectivity index (χ2v) is 7.02. The van der Waals surface area contributed by atoms with E-state index in [2.05, 4.69) is 43.0 Å². The highest BCUT2D eigenvalue weighted by Crippen LogP contribution is 2.41. The zero-order valence-electron chi connectivity index (χ0n) is 13.1. The molecule has 2 atom stereocenters. The summed E-state index contributed by atoms with van der Waals surface area (Å²) in [6.45, 7) is 7.30. The lowest BCUT2D eigenvalue weighted by molar-refractivity contribution is 0.224. The molecule has 110 valence electrons. The first-order valence-electron chi connectivity index (χ1n) is 8.57. The lowest BCUT2D eigenvalue weighted by Gasteiger charge is -2.32. The van der Waals surface area contributed by atoms with Crippen molar-refractivity contribution in [2.45, 2.75) is 64.3 Å². The van der Waals surface area contributed by atoms with E-state index in [1.54, 1.807) is 11.1 Å². The van der Waals surface area contributed by atoms with Gasteiger partial charge in [-0.2, -0.15) is 0 Å². The summed E-state index contributed by atoms with van der Waals surface area (Å²) in [7, 11) is 0. The highest BCUT2D eigenvalue weighted by Gasteiger charge is 2.29. The van der Waals surface area contributed by atoms with Crippen molar-refractivity contribution in [3.8, 4) is 0 Å². The number of nitrogens with zero attached hydrogens (tertiary/aromatic N) is 1. The molecule has 2 aliphatic rings. The predicted octanol–water partition coefficient (Wildman–Crippen LogP) is 4.62. The molecular formula is C19H29N. The van der Waals surface area contributed by atoms with Gasteiger partial charge >= 0.3 is 0 Å². The van der Waals surface area contributed by atoms with E-state index < -0.39 is 0 Å². The predicted molar refractivity (Wildman–Crippen MR) is 86.2 cm³/mol. The van der Waals surface area contributed by atoms with E-state index >= 15 is 0 Å². The number of aryl methyl sites for hydroxylation is 1. The van der Waals surface area contributed by atoms with E-state index in [0.717, 1.165) is 11.8 Å². The number of rotatable bonds is 2. The first-order chi connectivity index (χ1) is 9.75. The van der Waals surface area contributed by atoms with Crippen LogP contribution >= 0.6 is 0 Å². The molecule has 1 aromatic rings. The van der Waals surface area contributed by atoms with E-state index in [4.69, 9.17) is 0 Å². The Kier molecular flexibility index (Phi) is 4.45. The fourth-order valence-electron chi connectivity index (χ4n) is 4.34. The van der Waals surface area contributed by atoms with Crippen LogP contribution in [0.2, 0.25) is 0 Å². The molecule has 20 heavy (non-hydrogen) atoms. The molecule has 1 unspecified atom stereocenters. The lowest BCUT2D eigenvalue weighted by atomic mass is 9.73. The third kappa shape index (κ3) is 2.93. The lowest BCUT2D eigenvalue weighted by Crippen LogP contribution is -2.32. The summed E-state index contributed by atoms with van der Waals surface area (Å²) in [6.07, 6.45) is 8.34. The summed E-state index contributed by atoms with van der Waals surface area (Å²) >= 11 is 0. The van der Waals surface area contributed by atoms with Crippen LogP contribution in [0.25, 0.3) is 0 Å². The minimum atomic E-state index is 0.715. The largest absolute Gasteiger partial charge is 0.301 e. The van der Waals surface area contributed by atoms with Crippen molar-refractivity contribution in [2.24, 2.45) is 5.92 Å². The quantitative estimate of drug-likeness (QED) is 0.759. The van der Waals surface area contributed by atoms with Gasteiger partial charge in [-0.25, -0.2) is 0 Å². The van der Waals surface area contributed by atoms with Crippen molar-refractivity contribution in [1.82, 2.24) is 4.90 Å². The minimum absolute atomic E-state index is 0.715. The van der Waals surface area contributed by atoms with Gasteiger partial charge in [-0.15, -0.1) is 0 Å². The average Bonchev–Trinajstić information content (AvgIpc) is 2.72. The van der Waals surface area contributed by atoms with Gasteiger partial charge in [-0.3, -0.25) is 0 Å². The van der Waals surface area contributed by atoms with Crippen molar-refractivity contribution in [1.29, 1.82) is 0 Å². The Balaban J connectivity index is 1.74. The van der Waals surface area contributed by atoms with Crippen LogP contribution in [0.1, 0.15) is 63.0 Å². The van der Waals surface area contributed by atoms with Gasteiger partial charge in [0.15, 0.2) is 0 Å². The van der Waals surface area contributed by atoms with Crippen LogP contribution < -0.4 is 0 Å². The van der Waals surface area contributed by atoms with Gasteiger partial charge in [0.25, 0.3) is 0 Å². The molecule has 1 aromatic carbocycles. The van der Waals surface area contributed by atoms with Crippen LogP contribution in [0.3, 0.4) is 0 Å². The zero-order valence-corrected chi connectivity index (χ0v) is 13.1. The van der Waals surface area contributed by atoms with Crippen molar-refractivity contribution in [3.63, 3.8) is 0 Å². The van der Waals surface area contributed by atoms with E-state index in [9.17, 15) is 0 Å².